The Morgan fingerprint density at radius 3 is 2.71 bits per heavy atom. The molecule has 0 fully saturated rings. The maximum atomic E-state index is 5.51. The predicted octanol–water partition coefficient (Wildman–Crippen LogP) is 1.97. The second kappa shape index (κ2) is 7.85. The first-order valence-electron chi connectivity index (χ1n) is 4.75. The summed E-state index contributed by atoms with van der Waals surface area (Å²) in [5, 5.41) is 0. The molecule has 0 amide bonds. The van der Waals surface area contributed by atoms with E-state index in [1.54, 1.807) is 7.11 Å². The summed E-state index contributed by atoms with van der Waals surface area (Å²) >= 11 is 1.04. The minimum absolute atomic E-state index is 0.713. The molecule has 1 rings (SSSR count). The van der Waals surface area contributed by atoms with Crippen LogP contribution in [0.4, 0.5) is 0 Å². The van der Waals surface area contributed by atoms with Crippen LogP contribution in [0.15, 0.2) is 30.3 Å². The van der Waals surface area contributed by atoms with Crippen LogP contribution >= 0.6 is 0 Å². The van der Waals surface area contributed by atoms with Gasteiger partial charge in [-0.05, 0) is 5.56 Å². The lowest BCUT2D eigenvalue weighted by Crippen LogP contribution is -1.99. The molecule has 0 atom stereocenters. The fraction of sp³-hybridized carbons (Fsp3) is 0.455. The molecule has 0 saturated carbocycles. The summed E-state index contributed by atoms with van der Waals surface area (Å²) in [7, 11) is 1.71. The van der Waals surface area contributed by atoms with Crippen molar-refractivity contribution in [3.05, 3.63) is 35.9 Å². The molecule has 0 bridgehead atoms. The molecule has 0 unspecified atom stereocenters. The monoisotopic (exact) mass is 213 g/mol. The first kappa shape index (κ1) is 11.6. The Kier molecular flexibility index (Phi) is 6.49. The van der Waals surface area contributed by atoms with E-state index in [0.717, 1.165) is 30.8 Å². The SMILES string of the molecule is CO[SH+]CCCOCc1ccccc1. The lowest BCUT2D eigenvalue weighted by molar-refractivity contribution is 0.122. The van der Waals surface area contributed by atoms with Crippen molar-refractivity contribution in [2.45, 2.75) is 13.0 Å². The molecule has 1 aromatic rings. The maximum absolute atomic E-state index is 5.51. The highest BCUT2D eigenvalue weighted by atomic mass is 32.2. The molecular formula is C11H17O2S+. The standard InChI is InChI=1S/C11H16O2S/c1-12-14-9-5-8-13-10-11-6-3-2-4-7-11/h2-4,6-7H,5,8-10H2,1H3/p+1. The molecule has 0 saturated heterocycles. The molecule has 0 spiro atoms. The number of thiol groups is 1. The summed E-state index contributed by atoms with van der Waals surface area (Å²) in [5.41, 5.74) is 1.23. The zero-order chi connectivity index (χ0) is 10.1. The third kappa shape index (κ3) is 5.27. The minimum Gasteiger partial charge on any atom is -0.377 e. The van der Waals surface area contributed by atoms with E-state index in [-0.39, 0.29) is 0 Å². The largest absolute Gasteiger partial charge is 0.377 e. The van der Waals surface area contributed by atoms with Crippen molar-refractivity contribution in [3.8, 4) is 0 Å². The quantitative estimate of drug-likeness (QED) is 0.392. The van der Waals surface area contributed by atoms with Gasteiger partial charge in [-0.2, -0.15) is 4.18 Å². The van der Waals surface area contributed by atoms with E-state index < -0.39 is 0 Å². The number of hydrogen-bond acceptors (Lipinski definition) is 2. The van der Waals surface area contributed by atoms with E-state index in [2.05, 4.69) is 12.1 Å². The molecule has 0 N–H and O–H groups in total. The Labute approximate surface area is 89.8 Å². The molecule has 3 heteroatoms. The Hall–Kier alpha value is -0.510. The molecule has 0 aromatic heterocycles. The molecule has 14 heavy (non-hydrogen) atoms. The molecule has 0 heterocycles. The minimum atomic E-state index is 0.713. The highest BCUT2D eigenvalue weighted by Gasteiger charge is 1.96. The van der Waals surface area contributed by atoms with Crippen molar-refractivity contribution < 1.29 is 8.92 Å². The summed E-state index contributed by atoms with van der Waals surface area (Å²) < 4.78 is 10.4. The van der Waals surface area contributed by atoms with E-state index in [1.807, 2.05) is 18.2 Å². The van der Waals surface area contributed by atoms with Crippen molar-refractivity contribution >= 4 is 12.0 Å². The third-order valence-corrected chi connectivity index (χ3v) is 2.54. The van der Waals surface area contributed by atoms with E-state index >= 15 is 0 Å². The van der Waals surface area contributed by atoms with Gasteiger partial charge >= 0.3 is 0 Å². The van der Waals surface area contributed by atoms with Crippen molar-refractivity contribution in [1.29, 1.82) is 0 Å². The lowest BCUT2D eigenvalue weighted by Gasteiger charge is -2.01. The zero-order valence-corrected chi connectivity index (χ0v) is 9.37. The van der Waals surface area contributed by atoms with Gasteiger partial charge in [0.1, 0.15) is 17.8 Å². The Bertz CT molecular complexity index is 226. The van der Waals surface area contributed by atoms with Crippen molar-refractivity contribution in [1.82, 2.24) is 0 Å². The topological polar surface area (TPSA) is 18.5 Å². The fourth-order valence-corrected chi connectivity index (χ4v) is 1.53. The lowest BCUT2D eigenvalue weighted by atomic mass is 10.2. The Balaban J connectivity index is 1.99. The van der Waals surface area contributed by atoms with Crippen LogP contribution in [0.5, 0.6) is 0 Å². The van der Waals surface area contributed by atoms with E-state index in [9.17, 15) is 0 Å². The van der Waals surface area contributed by atoms with Crippen LogP contribution in [0.25, 0.3) is 0 Å². The number of rotatable bonds is 7. The molecule has 1 aromatic carbocycles. The highest BCUT2D eigenvalue weighted by Crippen LogP contribution is 2.00. The van der Waals surface area contributed by atoms with Gasteiger partial charge in [-0.25, -0.2) is 0 Å². The molecule has 2 nitrogen and oxygen atoms in total. The Morgan fingerprint density at radius 2 is 2.00 bits per heavy atom. The molecule has 0 aliphatic carbocycles. The van der Waals surface area contributed by atoms with E-state index in [1.165, 1.54) is 5.56 Å². The van der Waals surface area contributed by atoms with E-state index in [4.69, 9.17) is 8.92 Å². The second-order valence-corrected chi connectivity index (χ2v) is 4.00. The van der Waals surface area contributed by atoms with Gasteiger partial charge in [0, 0.05) is 6.42 Å². The average Bonchev–Trinajstić information content (AvgIpc) is 2.25. The van der Waals surface area contributed by atoms with Gasteiger partial charge in [-0.15, -0.1) is 0 Å². The van der Waals surface area contributed by atoms with Crippen LogP contribution in [-0.4, -0.2) is 19.5 Å². The van der Waals surface area contributed by atoms with Crippen molar-refractivity contribution in [2.24, 2.45) is 0 Å². The summed E-state index contributed by atoms with van der Waals surface area (Å²) in [6.07, 6.45) is 1.06. The van der Waals surface area contributed by atoms with Crippen LogP contribution in [0.2, 0.25) is 0 Å². The average molecular weight is 213 g/mol. The molecule has 78 valence electrons. The van der Waals surface area contributed by atoms with Crippen LogP contribution in [-0.2, 0) is 27.6 Å². The van der Waals surface area contributed by atoms with Crippen LogP contribution in [0.1, 0.15) is 12.0 Å². The van der Waals surface area contributed by atoms with Crippen molar-refractivity contribution in [2.75, 3.05) is 19.5 Å². The normalized spacial score (nSPS) is 10.4. The van der Waals surface area contributed by atoms with Gasteiger partial charge in [-0.3, -0.25) is 0 Å². The number of benzene rings is 1. The fourth-order valence-electron chi connectivity index (χ4n) is 1.09. The van der Waals surface area contributed by atoms with Gasteiger partial charge < -0.3 is 4.74 Å². The number of ether oxygens (including phenoxy) is 1. The maximum Gasteiger partial charge on any atom is 0.141 e. The third-order valence-electron chi connectivity index (χ3n) is 1.78. The van der Waals surface area contributed by atoms with Crippen molar-refractivity contribution in [3.63, 3.8) is 0 Å². The highest BCUT2D eigenvalue weighted by molar-refractivity contribution is 7.73. The van der Waals surface area contributed by atoms with Gasteiger partial charge in [0.2, 0.25) is 0 Å². The summed E-state index contributed by atoms with van der Waals surface area (Å²) in [4.78, 5) is 0. The van der Waals surface area contributed by atoms with E-state index in [0.29, 0.717) is 6.61 Å². The number of hydrogen-bond donors (Lipinski definition) is 0. The smallest absolute Gasteiger partial charge is 0.141 e. The Morgan fingerprint density at radius 1 is 1.21 bits per heavy atom. The van der Waals surface area contributed by atoms with Gasteiger partial charge in [0.25, 0.3) is 0 Å². The van der Waals surface area contributed by atoms with Gasteiger partial charge in [0.15, 0.2) is 0 Å². The second-order valence-electron chi connectivity index (χ2n) is 2.93. The summed E-state index contributed by atoms with van der Waals surface area (Å²) in [6.45, 7) is 1.52. The van der Waals surface area contributed by atoms with Crippen LogP contribution in [0, 0.1) is 0 Å². The molecule has 0 aliphatic heterocycles. The first-order valence-corrected chi connectivity index (χ1v) is 5.75. The predicted molar refractivity (Wildman–Crippen MR) is 61.4 cm³/mol. The summed E-state index contributed by atoms with van der Waals surface area (Å²) in [5.74, 6) is 1.05. The molecule has 0 radical (unpaired) electrons. The van der Waals surface area contributed by atoms with Crippen LogP contribution in [0.3, 0.4) is 0 Å². The molecular weight excluding hydrogens is 196 g/mol. The van der Waals surface area contributed by atoms with Gasteiger partial charge in [-0.1, -0.05) is 30.3 Å². The van der Waals surface area contributed by atoms with Crippen LogP contribution < -0.4 is 0 Å². The summed E-state index contributed by atoms with van der Waals surface area (Å²) in [6, 6.07) is 10.2. The van der Waals surface area contributed by atoms with Gasteiger partial charge in [0.05, 0.1) is 20.3 Å². The first-order chi connectivity index (χ1) is 6.93. The molecule has 0 aliphatic rings. The zero-order valence-electron chi connectivity index (χ0n) is 8.48.